The molecule has 20 heavy (non-hydrogen) atoms. The lowest BCUT2D eigenvalue weighted by Crippen LogP contribution is -2.39. The van der Waals surface area contributed by atoms with Crippen LogP contribution in [0.15, 0.2) is 54.6 Å². The number of carbonyl (C=O) groups excluding carboxylic acids is 2. The third-order valence-electron chi connectivity index (χ3n) is 3.36. The average molecular weight is 272 g/mol. The summed E-state index contributed by atoms with van der Waals surface area (Å²) in [5, 5.41) is 0. The van der Waals surface area contributed by atoms with E-state index in [2.05, 4.69) is 0 Å². The number of hydrogen-bond acceptors (Lipinski definition) is 4. The van der Waals surface area contributed by atoms with Gasteiger partial charge in [0.2, 0.25) is 5.41 Å². The molecule has 0 unspecified atom stereocenters. The summed E-state index contributed by atoms with van der Waals surface area (Å²) in [5.74, 6) is -1.27. The minimum atomic E-state index is -1.48. The molecule has 0 N–H and O–H groups in total. The molecule has 0 saturated heterocycles. The number of benzene rings is 1. The monoisotopic (exact) mass is 272 g/mol. The Bertz CT molecular complexity index is 525. The molecule has 4 nitrogen and oxygen atoms in total. The molecule has 2 rings (SSSR count). The van der Waals surface area contributed by atoms with E-state index in [1.807, 2.05) is 42.5 Å². The van der Waals surface area contributed by atoms with Gasteiger partial charge in [-0.1, -0.05) is 54.6 Å². The van der Waals surface area contributed by atoms with Gasteiger partial charge in [0.15, 0.2) is 0 Å². The van der Waals surface area contributed by atoms with Gasteiger partial charge in [-0.2, -0.15) is 0 Å². The molecule has 0 saturated carbocycles. The summed E-state index contributed by atoms with van der Waals surface area (Å²) in [4.78, 5) is 23.8. The Kier molecular flexibility index (Phi) is 4.03. The summed E-state index contributed by atoms with van der Waals surface area (Å²) < 4.78 is 9.43. The molecule has 1 aromatic rings. The van der Waals surface area contributed by atoms with Crippen molar-refractivity contribution < 1.29 is 19.1 Å². The Morgan fingerprint density at radius 3 is 1.90 bits per heavy atom. The number of ether oxygens (including phenoxy) is 2. The SMILES string of the molecule is COC(=O)C1(C(=O)OC)C=CC(c2ccccc2)C=C1. The second-order valence-corrected chi connectivity index (χ2v) is 4.51. The Morgan fingerprint density at radius 1 is 0.950 bits per heavy atom. The quantitative estimate of drug-likeness (QED) is 0.481. The van der Waals surface area contributed by atoms with Crippen LogP contribution in [0.1, 0.15) is 11.5 Å². The summed E-state index contributed by atoms with van der Waals surface area (Å²) in [5.41, 5.74) is -0.391. The van der Waals surface area contributed by atoms with Crippen molar-refractivity contribution in [1.82, 2.24) is 0 Å². The summed E-state index contributed by atoms with van der Waals surface area (Å²) in [6, 6.07) is 9.80. The van der Waals surface area contributed by atoms with E-state index in [4.69, 9.17) is 9.47 Å². The van der Waals surface area contributed by atoms with E-state index in [1.54, 1.807) is 12.2 Å². The van der Waals surface area contributed by atoms with E-state index in [-0.39, 0.29) is 5.92 Å². The van der Waals surface area contributed by atoms with Crippen molar-refractivity contribution in [1.29, 1.82) is 0 Å². The van der Waals surface area contributed by atoms with Gasteiger partial charge in [-0.25, -0.2) is 0 Å². The van der Waals surface area contributed by atoms with Crippen LogP contribution in [0, 0.1) is 5.41 Å². The van der Waals surface area contributed by atoms with Gasteiger partial charge in [-0.15, -0.1) is 0 Å². The third-order valence-corrected chi connectivity index (χ3v) is 3.36. The zero-order valence-corrected chi connectivity index (χ0v) is 11.4. The van der Waals surface area contributed by atoms with Crippen molar-refractivity contribution in [3.8, 4) is 0 Å². The minimum Gasteiger partial charge on any atom is -0.468 e. The van der Waals surface area contributed by atoms with Crippen LogP contribution >= 0.6 is 0 Å². The molecule has 1 aliphatic carbocycles. The van der Waals surface area contributed by atoms with Gasteiger partial charge in [0.05, 0.1) is 14.2 Å². The van der Waals surface area contributed by atoms with E-state index in [0.717, 1.165) is 5.56 Å². The largest absolute Gasteiger partial charge is 0.468 e. The Morgan fingerprint density at radius 2 is 1.45 bits per heavy atom. The van der Waals surface area contributed by atoms with Crippen molar-refractivity contribution in [2.24, 2.45) is 5.41 Å². The first-order valence-corrected chi connectivity index (χ1v) is 6.24. The normalized spacial score (nSPS) is 16.7. The Labute approximate surface area is 117 Å². The average Bonchev–Trinajstić information content (AvgIpc) is 2.54. The van der Waals surface area contributed by atoms with Crippen LogP contribution in [0.25, 0.3) is 0 Å². The Hall–Kier alpha value is -2.36. The molecule has 0 heterocycles. The zero-order chi connectivity index (χ0) is 14.6. The maximum atomic E-state index is 11.9. The van der Waals surface area contributed by atoms with Crippen LogP contribution in [0.2, 0.25) is 0 Å². The van der Waals surface area contributed by atoms with Crippen LogP contribution in [0.3, 0.4) is 0 Å². The maximum absolute atomic E-state index is 11.9. The molecule has 104 valence electrons. The summed E-state index contributed by atoms with van der Waals surface area (Å²) >= 11 is 0. The molecule has 1 aliphatic rings. The van der Waals surface area contributed by atoms with Crippen LogP contribution in [-0.4, -0.2) is 26.2 Å². The number of hydrogen-bond donors (Lipinski definition) is 0. The van der Waals surface area contributed by atoms with E-state index >= 15 is 0 Å². The Balaban J connectivity index is 2.32. The van der Waals surface area contributed by atoms with Gasteiger partial charge in [0, 0.05) is 5.92 Å². The van der Waals surface area contributed by atoms with Crippen LogP contribution in [0.4, 0.5) is 0 Å². The molecule has 0 aliphatic heterocycles. The number of esters is 2. The minimum absolute atomic E-state index is 0.0265. The van der Waals surface area contributed by atoms with Crippen LogP contribution in [0.5, 0.6) is 0 Å². The fraction of sp³-hybridized carbons (Fsp3) is 0.250. The highest BCUT2D eigenvalue weighted by atomic mass is 16.5. The van der Waals surface area contributed by atoms with E-state index < -0.39 is 17.4 Å². The fourth-order valence-corrected chi connectivity index (χ4v) is 2.22. The first-order valence-electron chi connectivity index (χ1n) is 6.24. The molecule has 0 atom stereocenters. The highest BCUT2D eigenvalue weighted by Crippen LogP contribution is 2.33. The van der Waals surface area contributed by atoms with Crippen molar-refractivity contribution in [2.75, 3.05) is 14.2 Å². The first-order chi connectivity index (χ1) is 9.64. The smallest absolute Gasteiger partial charge is 0.331 e. The van der Waals surface area contributed by atoms with Crippen molar-refractivity contribution >= 4 is 11.9 Å². The molecule has 0 radical (unpaired) electrons. The molecular weight excluding hydrogens is 256 g/mol. The van der Waals surface area contributed by atoms with Gasteiger partial charge in [-0.3, -0.25) is 9.59 Å². The molecule has 0 fully saturated rings. The van der Waals surface area contributed by atoms with Crippen molar-refractivity contribution in [3.63, 3.8) is 0 Å². The molecule has 0 spiro atoms. The van der Waals surface area contributed by atoms with Gasteiger partial charge in [0.25, 0.3) is 0 Å². The summed E-state index contributed by atoms with van der Waals surface area (Å²) in [6.45, 7) is 0. The number of allylic oxidation sites excluding steroid dienone is 2. The topological polar surface area (TPSA) is 52.6 Å². The molecule has 0 amide bonds. The highest BCUT2D eigenvalue weighted by molar-refractivity contribution is 6.04. The van der Waals surface area contributed by atoms with E-state index in [1.165, 1.54) is 14.2 Å². The van der Waals surface area contributed by atoms with E-state index in [0.29, 0.717) is 0 Å². The van der Waals surface area contributed by atoms with Crippen molar-refractivity contribution in [3.05, 3.63) is 60.2 Å². The lowest BCUT2D eigenvalue weighted by molar-refractivity contribution is -0.161. The fourth-order valence-electron chi connectivity index (χ4n) is 2.22. The second-order valence-electron chi connectivity index (χ2n) is 4.51. The van der Waals surface area contributed by atoms with Crippen LogP contribution < -0.4 is 0 Å². The highest BCUT2D eigenvalue weighted by Gasteiger charge is 2.45. The molecule has 4 heteroatoms. The zero-order valence-electron chi connectivity index (χ0n) is 11.4. The molecule has 0 aromatic heterocycles. The third kappa shape index (κ3) is 2.37. The number of methoxy groups -OCH3 is 2. The van der Waals surface area contributed by atoms with Gasteiger partial charge in [0.1, 0.15) is 0 Å². The first kappa shape index (κ1) is 14.1. The van der Waals surface area contributed by atoms with Gasteiger partial charge < -0.3 is 9.47 Å². The lowest BCUT2D eigenvalue weighted by atomic mass is 9.80. The molecule has 1 aromatic carbocycles. The van der Waals surface area contributed by atoms with Crippen LogP contribution in [-0.2, 0) is 19.1 Å². The standard InChI is InChI=1S/C16H16O4/c1-19-14(17)16(15(18)20-2)10-8-13(9-11-16)12-6-4-3-5-7-12/h3-11,13H,1-2H3. The molecule has 0 bridgehead atoms. The lowest BCUT2D eigenvalue weighted by Gasteiger charge is -2.25. The predicted octanol–water partition coefficient (Wildman–Crippen LogP) is 2.23. The summed E-state index contributed by atoms with van der Waals surface area (Å²) in [7, 11) is 2.50. The van der Waals surface area contributed by atoms with Gasteiger partial charge >= 0.3 is 11.9 Å². The van der Waals surface area contributed by atoms with Crippen molar-refractivity contribution in [2.45, 2.75) is 5.92 Å². The molecular formula is C16H16O4. The maximum Gasteiger partial charge on any atom is 0.331 e. The van der Waals surface area contributed by atoms with Gasteiger partial charge in [-0.05, 0) is 5.56 Å². The van der Waals surface area contributed by atoms with E-state index in [9.17, 15) is 9.59 Å². The number of carbonyl (C=O) groups is 2. The second kappa shape index (κ2) is 5.74. The predicted molar refractivity (Wildman–Crippen MR) is 73.9 cm³/mol. The summed E-state index contributed by atoms with van der Waals surface area (Å²) in [6.07, 6.45) is 6.71. The number of rotatable bonds is 3.